The molecule has 0 atom stereocenters. The van der Waals surface area contributed by atoms with Crippen molar-refractivity contribution < 1.29 is 10.0 Å². The van der Waals surface area contributed by atoms with Crippen molar-refractivity contribution in [1.82, 2.24) is 4.90 Å². The van der Waals surface area contributed by atoms with Crippen LogP contribution in [0, 0.1) is 0 Å². The van der Waals surface area contributed by atoms with E-state index in [9.17, 15) is 4.79 Å². The summed E-state index contributed by atoms with van der Waals surface area (Å²) < 4.78 is 0. The molecule has 5 heteroatoms. The molecule has 1 aromatic rings. The molecular formula is C13H19N3O2. The van der Waals surface area contributed by atoms with E-state index < -0.39 is 0 Å². The number of oxime groups is 1. The summed E-state index contributed by atoms with van der Waals surface area (Å²) in [7, 11) is 1.72. The van der Waals surface area contributed by atoms with Gasteiger partial charge in [0, 0.05) is 26.4 Å². The molecule has 0 bridgehead atoms. The number of hydrogen-bond acceptors (Lipinski definition) is 3. The van der Waals surface area contributed by atoms with E-state index in [0.717, 1.165) is 12.0 Å². The van der Waals surface area contributed by atoms with Crippen LogP contribution in [0.3, 0.4) is 0 Å². The largest absolute Gasteiger partial charge is 0.409 e. The number of rotatable bonds is 6. The van der Waals surface area contributed by atoms with Gasteiger partial charge in [-0.3, -0.25) is 4.79 Å². The highest BCUT2D eigenvalue weighted by molar-refractivity contribution is 5.81. The highest BCUT2D eigenvalue weighted by Crippen LogP contribution is 2.04. The fraction of sp³-hybridized carbons (Fsp3) is 0.385. The van der Waals surface area contributed by atoms with Crippen LogP contribution >= 0.6 is 0 Å². The molecule has 0 saturated heterocycles. The molecule has 0 radical (unpaired) electrons. The van der Waals surface area contributed by atoms with Gasteiger partial charge < -0.3 is 15.8 Å². The molecule has 18 heavy (non-hydrogen) atoms. The number of amidine groups is 1. The molecule has 0 aliphatic rings. The Bertz CT molecular complexity index is 404. The SMILES string of the molecule is CN(CC/C(N)=N/O)C(=O)CCc1ccccc1. The monoisotopic (exact) mass is 249 g/mol. The lowest BCUT2D eigenvalue weighted by molar-refractivity contribution is -0.129. The Hall–Kier alpha value is -2.04. The van der Waals surface area contributed by atoms with E-state index in [0.29, 0.717) is 19.4 Å². The summed E-state index contributed by atoms with van der Waals surface area (Å²) in [5.41, 5.74) is 6.50. The van der Waals surface area contributed by atoms with Gasteiger partial charge >= 0.3 is 0 Å². The third-order valence-electron chi connectivity index (χ3n) is 2.73. The maximum atomic E-state index is 11.8. The van der Waals surface area contributed by atoms with Gasteiger partial charge in [-0.15, -0.1) is 0 Å². The molecule has 0 saturated carbocycles. The first-order chi connectivity index (χ1) is 8.63. The van der Waals surface area contributed by atoms with Crippen LogP contribution < -0.4 is 5.73 Å². The van der Waals surface area contributed by atoms with Crippen molar-refractivity contribution in [2.45, 2.75) is 19.3 Å². The topological polar surface area (TPSA) is 78.9 Å². The summed E-state index contributed by atoms with van der Waals surface area (Å²) in [6, 6.07) is 9.88. The summed E-state index contributed by atoms with van der Waals surface area (Å²) in [6.45, 7) is 0.462. The number of nitrogens with two attached hydrogens (primary N) is 1. The lowest BCUT2D eigenvalue weighted by Crippen LogP contribution is -2.30. The van der Waals surface area contributed by atoms with E-state index in [1.807, 2.05) is 30.3 Å². The van der Waals surface area contributed by atoms with Crippen LogP contribution in [-0.4, -0.2) is 35.4 Å². The number of amides is 1. The number of carbonyl (C=O) groups excluding carboxylic acids is 1. The number of nitrogens with zero attached hydrogens (tertiary/aromatic N) is 2. The molecule has 1 rings (SSSR count). The second-order valence-corrected chi connectivity index (χ2v) is 4.14. The Labute approximate surface area is 107 Å². The first-order valence-electron chi connectivity index (χ1n) is 5.87. The highest BCUT2D eigenvalue weighted by atomic mass is 16.4. The quantitative estimate of drug-likeness (QED) is 0.344. The second kappa shape index (κ2) is 7.32. The first kappa shape index (κ1) is 14.0. The zero-order valence-electron chi connectivity index (χ0n) is 10.5. The van der Waals surface area contributed by atoms with E-state index in [1.54, 1.807) is 11.9 Å². The Morgan fingerprint density at radius 3 is 2.61 bits per heavy atom. The van der Waals surface area contributed by atoms with Gasteiger partial charge in [0.2, 0.25) is 5.91 Å². The zero-order chi connectivity index (χ0) is 13.4. The minimum absolute atomic E-state index is 0.0598. The predicted octanol–water partition coefficient (Wildman–Crippen LogP) is 1.21. The Kier molecular flexibility index (Phi) is 5.70. The molecule has 0 aliphatic carbocycles. The van der Waals surface area contributed by atoms with Crippen LogP contribution in [0.4, 0.5) is 0 Å². The first-order valence-corrected chi connectivity index (χ1v) is 5.87. The van der Waals surface area contributed by atoms with Gasteiger partial charge in [-0.05, 0) is 12.0 Å². The number of aryl methyl sites for hydroxylation is 1. The number of hydrogen-bond donors (Lipinski definition) is 2. The maximum absolute atomic E-state index is 11.8. The molecule has 0 unspecified atom stereocenters. The standard InChI is InChI=1S/C13H19N3O2/c1-16(10-9-12(14)15-18)13(17)8-7-11-5-3-2-4-6-11/h2-6,18H,7-10H2,1H3,(H2,14,15). The van der Waals surface area contributed by atoms with Crippen molar-refractivity contribution in [3.63, 3.8) is 0 Å². The van der Waals surface area contributed by atoms with Crippen molar-refractivity contribution >= 4 is 11.7 Å². The number of benzene rings is 1. The third kappa shape index (κ3) is 4.86. The minimum atomic E-state index is 0.0598. The second-order valence-electron chi connectivity index (χ2n) is 4.14. The molecule has 0 aliphatic heterocycles. The van der Waals surface area contributed by atoms with Crippen molar-refractivity contribution in [3.05, 3.63) is 35.9 Å². The number of carbonyl (C=O) groups is 1. The summed E-state index contributed by atoms with van der Waals surface area (Å²) in [5.74, 6) is 0.197. The van der Waals surface area contributed by atoms with Gasteiger partial charge in [-0.2, -0.15) is 0 Å². The van der Waals surface area contributed by atoms with Crippen molar-refractivity contribution in [3.8, 4) is 0 Å². The fourth-order valence-electron chi connectivity index (χ4n) is 1.54. The van der Waals surface area contributed by atoms with E-state index >= 15 is 0 Å². The minimum Gasteiger partial charge on any atom is -0.409 e. The summed E-state index contributed by atoms with van der Waals surface area (Å²) in [6.07, 6.45) is 1.58. The van der Waals surface area contributed by atoms with Crippen LogP contribution in [0.2, 0.25) is 0 Å². The molecule has 0 spiro atoms. The van der Waals surface area contributed by atoms with Crippen LogP contribution in [0.25, 0.3) is 0 Å². The van der Waals surface area contributed by atoms with E-state index in [2.05, 4.69) is 5.16 Å². The van der Waals surface area contributed by atoms with E-state index in [-0.39, 0.29) is 11.7 Å². The summed E-state index contributed by atoms with van der Waals surface area (Å²) in [5, 5.41) is 11.3. The molecule has 0 fully saturated rings. The maximum Gasteiger partial charge on any atom is 0.222 e. The lowest BCUT2D eigenvalue weighted by Gasteiger charge is -2.16. The van der Waals surface area contributed by atoms with Gasteiger partial charge in [-0.1, -0.05) is 35.5 Å². The Balaban J connectivity index is 2.32. The zero-order valence-corrected chi connectivity index (χ0v) is 10.5. The summed E-state index contributed by atoms with van der Waals surface area (Å²) in [4.78, 5) is 13.4. The Morgan fingerprint density at radius 2 is 2.00 bits per heavy atom. The third-order valence-corrected chi connectivity index (χ3v) is 2.73. The molecule has 1 aromatic carbocycles. The molecule has 1 amide bonds. The van der Waals surface area contributed by atoms with Gasteiger partial charge in [-0.25, -0.2) is 0 Å². The van der Waals surface area contributed by atoms with Crippen LogP contribution in [0.5, 0.6) is 0 Å². The fourth-order valence-corrected chi connectivity index (χ4v) is 1.54. The van der Waals surface area contributed by atoms with Crippen molar-refractivity contribution in [1.29, 1.82) is 0 Å². The highest BCUT2D eigenvalue weighted by Gasteiger charge is 2.09. The van der Waals surface area contributed by atoms with Crippen LogP contribution in [0.15, 0.2) is 35.5 Å². The molecule has 5 nitrogen and oxygen atoms in total. The van der Waals surface area contributed by atoms with E-state index in [4.69, 9.17) is 10.9 Å². The molecule has 3 N–H and O–H groups in total. The van der Waals surface area contributed by atoms with Gasteiger partial charge in [0.15, 0.2) is 0 Å². The Morgan fingerprint density at radius 1 is 1.33 bits per heavy atom. The molecule has 98 valence electrons. The van der Waals surface area contributed by atoms with Gasteiger partial charge in [0.1, 0.15) is 5.84 Å². The predicted molar refractivity (Wildman–Crippen MR) is 70.4 cm³/mol. The smallest absolute Gasteiger partial charge is 0.222 e. The van der Waals surface area contributed by atoms with Crippen LogP contribution in [-0.2, 0) is 11.2 Å². The molecule has 0 heterocycles. The average Bonchev–Trinajstić information content (AvgIpc) is 2.42. The van der Waals surface area contributed by atoms with Gasteiger partial charge in [0.05, 0.1) is 0 Å². The molecular weight excluding hydrogens is 230 g/mol. The van der Waals surface area contributed by atoms with Crippen molar-refractivity contribution in [2.24, 2.45) is 10.9 Å². The molecule has 0 aromatic heterocycles. The van der Waals surface area contributed by atoms with Crippen molar-refractivity contribution in [2.75, 3.05) is 13.6 Å². The van der Waals surface area contributed by atoms with E-state index in [1.165, 1.54) is 0 Å². The van der Waals surface area contributed by atoms with Gasteiger partial charge in [0.25, 0.3) is 0 Å². The lowest BCUT2D eigenvalue weighted by atomic mass is 10.1. The van der Waals surface area contributed by atoms with Crippen LogP contribution in [0.1, 0.15) is 18.4 Å². The normalized spacial score (nSPS) is 11.3. The average molecular weight is 249 g/mol. The summed E-state index contributed by atoms with van der Waals surface area (Å²) >= 11 is 0.